The van der Waals surface area contributed by atoms with Gasteiger partial charge in [0, 0.05) is 12.0 Å². The number of Topliss-reactive ketones (excluding diaryl/α,β-unsaturated/α-hetero) is 1. The van der Waals surface area contributed by atoms with Crippen LogP contribution in [0.1, 0.15) is 15.9 Å². The van der Waals surface area contributed by atoms with Crippen LogP contribution in [0.15, 0.2) is 66.7 Å². The summed E-state index contributed by atoms with van der Waals surface area (Å²) >= 11 is 0. The largest absolute Gasteiger partial charge is 0.497 e. The lowest BCUT2D eigenvalue weighted by Crippen LogP contribution is -2.03. The SMILES string of the molecule is COc1ccc2cc(CC(=O)c3ccccc3)ccc2c1. The molecule has 0 spiro atoms. The highest BCUT2D eigenvalue weighted by Crippen LogP contribution is 2.22. The van der Waals surface area contributed by atoms with E-state index in [9.17, 15) is 4.79 Å². The summed E-state index contributed by atoms with van der Waals surface area (Å²) < 4.78 is 5.22. The summed E-state index contributed by atoms with van der Waals surface area (Å²) in [5.74, 6) is 0.985. The van der Waals surface area contributed by atoms with Gasteiger partial charge in [-0.1, -0.05) is 54.6 Å². The number of rotatable bonds is 4. The molecule has 0 amide bonds. The number of hydrogen-bond donors (Lipinski definition) is 0. The molecule has 0 radical (unpaired) electrons. The molecule has 0 saturated carbocycles. The fourth-order valence-electron chi connectivity index (χ4n) is 2.42. The van der Waals surface area contributed by atoms with Gasteiger partial charge in [-0.15, -0.1) is 0 Å². The van der Waals surface area contributed by atoms with Crippen LogP contribution in [0.25, 0.3) is 10.8 Å². The molecule has 0 bridgehead atoms. The minimum atomic E-state index is 0.142. The molecule has 0 aliphatic heterocycles. The third-order valence-electron chi connectivity index (χ3n) is 3.57. The molecule has 0 unspecified atom stereocenters. The van der Waals surface area contributed by atoms with Crippen molar-refractivity contribution in [2.24, 2.45) is 0 Å². The summed E-state index contributed by atoms with van der Waals surface area (Å²) in [5, 5.41) is 2.24. The van der Waals surface area contributed by atoms with Crippen LogP contribution >= 0.6 is 0 Å². The number of ether oxygens (including phenoxy) is 1. The number of ketones is 1. The molecule has 0 atom stereocenters. The molecule has 3 aromatic rings. The lowest BCUT2D eigenvalue weighted by molar-refractivity contribution is 0.0993. The van der Waals surface area contributed by atoms with Crippen LogP contribution in [0.4, 0.5) is 0 Å². The van der Waals surface area contributed by atoms with Crippen LogP contribution in [0.3, 0.4) is 0 Å². The average molecular weight is 276 g/mol. The van der Waals surface area contributed by atoms with Crippen molar-refractivity contribution in [3.8, 4) is 5.75 Å². The molecular weight excluding hydrogens is 260 g/mol. The molecule has 0 saturated heterocycles. The molecule has 0 aromatic heterocycles. The lowest BCUT2D eigenvalue weighted by Gasteiger charge is -2.06. The number of carbonyl (C=O) groups is 1. The minimum absolute atomic E-state index is 0.142. The van der Waals surface area contributed by atoms with Gasteiger partial charge in [0.1, 0.15) is 5.75 Å². The zero-order chi connectivity index (χ0) is 14.7. The maximum atomic E-state index is 12.2. The Balaban J connectivity index is 1.86. The Kier molecular flexibility index (Phi) is 3.69. The van der Waals surface area contributed by atoms with Gasteiger partial charge in [-0.2, -0.15) is 0 Å². The summed E-state index contributed by atoms with van der Waals surface area (Å²) in [6.45, 7) is 0. The van der Waals surface area contributed by atoms with E-state index < -0.39 is 0 Å². The van der Waals surface area contributed by atoms with E-state index in [4.69, 9.17) is 4.74 Å². The molecule has 0 aliphatic rings. The molecule has 0 N–H and O–H groups in total. The first kappa shape index (κ1) is 13.4. The van der Waals surface area contributed by atoms with E-state index in [2.05, 4.69) is 6.07 Å². The second kappa shape index (κ2) is 5.80. The number of hydrogen-bond acceptors (Lipinski definition) is 2. The van der Waals surface area contributed by atoms with Crippen molar-refractivity contribution in [3.63, 3.8) is 0 Å². The molecular formula is C19H16O2. The van der Waals surface area contributed by atoms with Crippen molar-refractivity contribution in [2.45, 2.75) is 6.42 Å². The van der Waals surface area contributed by atoms with Crippen molar-refractivity contribution in [3.05, 3.63) is 77.9 Å². The third kappa shape index (κ3) is 2.95. The predicted molar refractivity (Wildman–Crippen MR) is 85.0 cm³/mol. The Morgan fingerprint density at radius 1 is 0.905 bits per heavy atom. The summed E-state index contributed by atoms with van der Waals surface area (Å²) in [7, 11) is 1.66. The van der Waals surface area contributed by atoms with Gasteiger partial charge in [0.2, 0.25) is 0 Å². The normalized spacial score (nSPS) is 10.5. The monoisotopic (exact) mass is 276 g/mol. The molecule has 3 aromatic carbocycles. The van der Waals surface area contributed by atoms with Gasteiger partial charge >= 0.3 is 0 Å². The second-order valence-corrected chi connectivity index (χ2v) is 5.01. The van der Waals surface area contributed by atoms with Gasteiger partial charge in [0.05, 0.1) is 7.11 Å². The molecule has 104 valence electrons. The van der Waals surface area contributed by atoms with E-state index in [1.165, 1.54) is 0 Å². The highest BCUT2D eigenvalue weighted by molar-refractivity contribution is 5.98. The van der Waals surface area contributed by atoms with Crippen LogP contribution in [-0.4, -0.2) is 12.9 Å². The van der Waals surface area contributed by atoms with Gasteiger partial charge in [0.15, 0.2) is 5.78 Å². The zero-order valence-electron chi connectivity index (χ0n) is 11.9. The summed E-state index contributed by atoms with van der Waals surface area (Å²) in [4.78, 5) is 12.2. The number of methoxy groups -OCH3 is 1. The molecule has 3 rings (SSSR count). The molecule has 21 heavy (non-hydrogen) atoms. The van der Waals surface area contributed by atoms with Crippen LogP contribution in [0, 0.1) is 0 Å². The quantitative estimate of drug-likeness (QED) is 0.665. The van der Waals surface area contributed by atoms with Crippen molar-refractivity contribution in [1.82, 2.24) is 0 Å². The lowest BCUT2D eigenvalue weighted by atomic mass is 10.00. The maximum Gasteiger partial charge on any atom is 0.167 e. The summed E-state index contributed by atoms with van der Waals surface area (Å²) in [6, 6.07) is 21.5. The van der Waals surface area contributed by atoms with Gasteiger partial charge in [-0.3, -0.25) is 4.79 Å². The zero-order valence-corrected chi connectivity index (χ0v) is 11.9. The predicted octanol–water partition coefficient (Wildman–Crippen LogP) is 4.27. The van der Waals surface area contributed by atoms with Gasteiger partial charge < -0.3 is 4.74 Å². The Morgan fingerprint density at radius 3 is 2.38 bits per heavy atom. The first-order chi connectivity index (χ1) is 10.3. The molecule has 0 heterocycles. The summed E-state index contributed by atoms with van der Waals surface area (Å²) in [5.41, 5.74) is 1.79. The first-order valence-corrected chi connectivity index (χ1v) is 6.91. The van der Waals surface area contributed by atoms with Crippen LogP contribution < -0.4 is 4.74 Å². The fraction of sp³-hybridized carbons (Fsp3) is 0.105. The second-order valence-electron chi connectivity index (χ2n) is 5.01. The van der Waals surface area contributed by atoms with E-state index in [-0.39, 0.29) is 5.78 Å². The van der Waals surface area contributed by atoms with Crippen LogP contribution in [-0.2, 0) is 6.42 Å². The highest BCUT2D eigenvalue weighted by Gasteiger charge is 2.07. The van der Waals surface area contributed by atoms with Gasteiger partial charge in [0.25, 0.3) is 0 Å². The Bertz CT molecular complexity index is 776. The number of fused-ring (bicyclic) bond motifs is 1. The third-order valence-corrected chi connectivity index (χ3v) is 3.57. The minimum Gasteiger partial charge on any atom is -0.497 e. The van der Waals surface area contributed by atoms with E-state index in [0.29, 0.717) is 6.42 Å². The number of carbonyl (C=O) groups excluding carboxylic acids is 1. The van der Waals surface area contributed by atoms with Crippen molar-refractivity contribution < 1.29 is 9.53 Å². The Labute approximate surface area is 124 Å². The fourth-order valence-corrected chi connectivity index (χ4v) is 2.42. The Hall–Kier alpha value is -2.61. The van der Waals surface area contributed by atoms with E-state index in [0.717, 1.165) is 27.6 Å². The topological polar surface area (TPSA) is 26.3 Å². The van der Waals surface area contributed by atoms with E-state index >= 15 is 0 Å². The van der Waals surface area contributed by atoms with E-state index in [1.54, 1.807) is 7.11 Å². The van der Waals surface area contributed by atoms with Gasteiger partial charge in [-0.05, 0) is 28.5 Å². The number of benzene rings is 3. The van der Waals surface area contributed by atoms with Crippen LogP contribution in [0.2, 0.25) is 0 Å². The molecule has 2 heteroatoms. The van der Waals surface area contributed by atoms with Gasteiger partial charge in [-0.25, -0.2) is 0 Å². The molecule has 2 nitrogen and oxygen atoms in total. The van der Waals surface area contributed by atoms with Crippen molar-refractivity contribution in [2.75, 3.05) is 7.11 Å². The smallest absolute Gasteiger partial charge is 0.167 e. The standard InChI is InChI=1S/C19H16O2/c1-21-18-10-9-16-11-14(7-8-17(16)13-18)12-19(20)15-5-3-2-4-6-15/h2-11,13H,12H2,1H3. The maximum absolute atomic E-state index is 12.2. The summed E-state index contributed by atoms with van der Waals surface area (Å²) in [6.07, 6.45) is 0.423. The highest BCUT2D eigenvalue weighted by atomic mass is 16.5. The van der Waals surface area contributed by atoms with Crippen molar-refractivity contribution in [1.29, 1.82) is 0 Å². The molecule has 0 aliphatic carbocycles. The van der Waals surface area contributed by atoms with Crippen molar-refractivity contribution >= 4 is 16.6 Å². The molecule has 0 fully saturated rings. The van der Waals surface area contributed by atoms with Crippen LogP contribution in [0.5, 0.6) is 5.75 Å². The van der Waals surface area contributed by atoms with E-state index in [1.807, 2.05) is 60.7 Å². The first-order valence-electron chi connectivity index (χ1n) is 6.91. The average Bonchev–Trinajstić information content (AvgIpc) is 2.55. The Morgan fingerprint density at radius 2 is 1.62 bits per heavy atom.